The van der Waals surface area contributed by atoms with Gasteiger partial charge in [-0.3, -0.25) is 4.90 Å². The van der Waals surface area contributed by atoms with Crippen LogP contribution in [0.15, 0.2) is 42.5 Å². The summed E-state index contributed by atoms with van der Waals surface area (Å²) in [6.45, 7) is 11.4. The number of anilines is 2. The summed E-state index contributed by atoms with van der Waals surface area (Å²) in [5.41, 5.74) is 1.19. The summed E-state index contributed by atoms with van der Waals surface area (Å²) in [6.07, 6.45) is 0.746. The van der Waals surface area contributed by atoms with E-state index in [-0.39, 0.29) is 6.03 Å². The third-order valence-corrected chi connectivity index (χ3v) is 7.08. The van der Waals surface area contributed by atoms with Crippen molar-refractivity contribution in [3.63, 3.8) is 0 Å². The number of nitrogens with one attached hydrogen (secondary N) is 1. The van der Waals surface area contributed by atoms with Gasteiger partial charge in [0.25, 0.3) is 0 Å². The highest BCUT2D eigenvalue weighted by molar-refractivity contribution is 6.34. The van der Waals surface area contributed by atoms with E-state index in [1.54, 1.807) is 17.0 Å². The van der Waals surface area contributed by atoms with Crippen LogP contribution >= 0.6 is 23.2 Å². The lowest BCUT2D eigenvalue weighted by Crippen LogP contribution is -2.49. The van der Waals surface area contributed by atoms with Gasteiger partial charge in [-0.1, -0.05) is 29.3 Å². The van der Waals surface area contributed by atoms with Gasteiger partial charge in [0.15, 0.2) is 0 Å². The number of likely N-dealkylation sites (tertiary alicyclic amines) is 1. The van der Waals surface area contributed by atoms with Gasteiger partial charge < -0.3 is 19.9 Å². The Morgan fingerprint density at radius 2 is 1.73 bits per heavy atom. The molecule has 33 heavy (non-hydrogen) atoms. The van der Waals surface area contributed by atoms with Crippen molar-refractivity contribution in [2.75, 3.05) is 49.5 Å². The first-order valence-electron chi connectivity index (χ1n) is 11.5. The number of nitrogens with zero attached hydrogens (tertiary/aromatic N) is 3. The smallest absolute Gasteiger partial charge is 0.322 e. The number of carbonyl (C=O) groups is 1. The Balaban J connectivity index is 1.42. The Morgan fingerprint density at radius 3 is 2.39 bits per heavy atom. The molecule has 0 aromatic heterocycles. The first-order valence-corrected chi connectivity index (χ1v) is 12.3. The van der Waals surface area contributed by atoms with Crippen LogP contribution in [0.5, 0.6) is 5.75 Å². The molecule has 6 nitrogen and oxygen atoms in total. The summed E-state index contributed by atoms with van der Waals surface area (Å²) >= 11 is 12.5. The zero-order valence-corrected chi connectivity index (χ0v) is 21.0. The number of urea groups is 1. The summed E-state index contributed by atoms with van der Waals surface area (Å²) in [5, 5.41) is 4.30. The highest BCUT2D eigenvalue weighted by Gasteiger charge is 2.38. The van der Waals surface area contributed by atoms with Gasteiger partial charge in [-0.25, -0.2) is 4.79 Å². The first kappa shape index (κ1) is 24.0. The molecule has 178 valence electrons. The van der Waals surface area contributed by atoms with Crippen molar-refractivity contribution in [3.05, 3.63) is 52.5 Å². The fourth-order valence-corrected chi connectivity index (χ4v) is 4.89. The number of hydrogen-bond acceptors (Lipinski definition) is 4. The number of carbonyl (C=O) groups excluding carboxylic acids is 1. The minimum absolute atomic E-state index is 0.159. The number of hydrogen-bond donors (Lipinski definition) is 1. The van der Waals surface area contributed by atoms with E-state index in [9.17, 15) is 4.79 Å². The third kappa shape index (κ3) is 5.68. The van der Waals surface area contributed by atoms with E-state index < -0.39 is 5.60 Å². The van der Waals surface area contributed by atoms with Gasteiger partial charge in [0, 0.05) is 50.2 Å². The summed E-state index contributed by atoms with van der Waals surface area (Å²) in [7, 11) is 0. The Bertz CT molecular complexity index is 977. The largest absolute Gasteiger partial charge is 0.486 e. The summed E-state index contributed by atoms with van der Waals surface area (Å²) in [4.78, 5) is 19.7. The molecule has 2 aliphatic heterocycles. The Hall–Kier alpha value is -2.15. The molecule has 2 aliphatic rings. The number of halogens is 2. The van der Waals surface area contributed by atoms with E-state index in [4.69, 9.17) is 27.9 Å². The van der Waals surface area contributed by atoms with Gasteiger partial charge in [0.05, 0.1) is 22.9 Å². The quantitative estimate of drug-likeness (QED) is 0.592. The molecule has 2 fully saturated rings. The maximum absolute atomic E-state index is 13.2. The molecule has 1 atom stereocenters. The molecule has 4 rings (SSSR count). The second kappa shape index (κ2) is 10.00. The number of para-hydroxylation sites is 1. The lowest BCUT2D eigenvalue weighted by atomic mass is 10.1. The van der Waals surface area contributed by atoms with E-state index in [0.29, 0.717) is 34.9 Å². The Morgan fingerprint density at radius 1 is 1.03 bits per heavy atom. The molecule has 1 N–H and O–H groups in total. The average Bonchev–Trinajstić information content (AvgIpc) is 3.18. The number of piperazine rings is 1. The van der Waals surface area contributed by atoms with Crippen LogP contribution in [-0.2, 0) is 0 Å². The van der Waals surface area contributed by atoms with Gasteiger partial charge in [-0.05, 0) is 57.2 Å². The maximum atomic E-state index is 13.2. The van der Waals surface area contributed by atoms with Gasteiger partial charge >= 0.3 is 6.03 Å². The van der Waals surface area contributed by atoms with Crippen molar-refractivity contribution >= 4 is 40.6 Å². The molecule has 2 amide bonds. The predicted molar refractivity (Wildman–Crippen MR) is 136 cm³/mol. The van der Waals surface area contributed by atoms with Crippen LogP contribution in [0.25, 0.3) is 0 Å². The fraction of sp³-hybridized carbons (Fsp3) is 0.480. The topological polar surface area (TPSA) is 48.0 Å². The van der Waals surface area contributed by atoms with Crippen LogP contribution in [-0.4, -0.2) is 66.7 Å². The molecule has 2 aromatic carbocycles. The number of benzene rings is 2. The molecule has 0 bridgehead atoms. The van der Waals surface area contributed by atoms with Crippen molar-refractivity contribution in [2.45, 2.75) is 38.8 Å². The van der Waals surface area contributed by atoms with Crippen LogP contribution in [0.4, 0.5) is 16.2 Å². The van der Waals surface area contributed by atoms with Crippen LogP contribution in [0, 0.1) is 0 Å². The zero-order chi connectivity index (χ0) is 23.6. The normalized spacial score (nSPS) is 21.5. The standard InChI is InChI=1S/C25H32Cl2N4O2/c1-18(2)29-13-15-30(16-14-29)22-6-4-5-21(27)23(22)28-24(32)31-12-11-25(3,17-31)33-20-9-7-19(26)8-10-20/h4-10,18H,11-17H2,1-3H3,(H,28,32). The van der Waals surface area contributed by atoms with Crippen molar-refractivity contribution < 1.29 is 9.53 Å². The van der Waals surface area contributed by atoms with Crippen LogP contribution in [0.2, 0.25) is 10.0 Å². The predicted octanol–water partition coefficient (Wildman–Crippen LogP) is 5.60. The highest BCUT2D eigenvalue weighted by Crippen LogP contribution is 2.35. The lowest BCUT2D eigenvalue weighted by molar-refractivity contribution is 0.100. The average molecular weight is 491 g/mol. The lowest BCUT2D eigenvalue weighted by Gasteiger charge is -2.39. The van der Waals surface area contributed by atoms with E-state index >= 15 is 0 Å². The third-order valence-electron chi connectivity index (χ3n) is 6.51. The second-order valence-electron chi connectivity index (χ2n) is 9.36. The van der Waals surface area contributed by atoms with Gasteiger partial charge in [0.2, 0.25) is 0 Å². The molecule has 0 spiro atoms. The highest BCUT2D eigenvalue weighted by atomic mass is 35.5. The molecular formula is C25H32Cl2N4O2. The first-order chi connectivity index (χ1) is 15.7. The molecule has 2 aromatic rings. The molecule has 1 unspecified atom stereocenters. The van der Waals surface area contributed by atoms with Crippen molar-refractivity contribution in [2.24, 2.45) is 0 Å². The van der Waals surface area contributed by atoms with E-state index in [1.165, 1.54) is 0 Å². The minimum atomic E-state index is -0.457. The molecule has 0 saturated carbocycles. The van der Waals surface area contributed by atoms with Crippen molar-refractivity contribution in [1.29, 1.82) is 0 Å². The van der Waals surface area contributed by atoms with E-state index in [2.05, 4.69) is 29.0 Å². The zero-order valence-electron chi connectivity index (χ0n) is 19.5. The van der Waals surface area contributed by atoms with Gasteiger partial charge in [0.1, 0.15) is 11.4 Å². The monoisotopic (exact) mass is 490 g/mol. The number of ether oxygens (including phenoxy) is 1. The minimum Gasteiger partial charge on any atom is -0.486 e. The summed E-state index contributed by atoms with van der Waals surface area (Å²) in [5.74, 6) is 0.748. The summed E-state index contributed by atoms with van der Waals surface area (Å²) < 4.78 is 6.20. The SMILES string of the molecule is CC(C)N1CCN(c2cccc(Cl)c2NC(=O)N2CCC(C)(Oc3ccc(Cl)cc3)C2)CC1. The van der Waals surface area contributed by atoms with Crippen LogP contribution in [0.3, 0.4) is 0 Å². The molecular weight excluding hydrogens is 459 g/mol. The van der Waals surface area contributed by atoms with Crippen molar-refractivity contribution in [3.8, 4) is 5.75 Å². The Kier molecular flexibility index (Phi) is 7.27. The maximum Gasteiger partial charge on any atom is 0.322 e. The molecule has 2 heterocycles. The van der Waals surface area contributed by atoms with Crippen molar-refractivity contribution in [1.82, 2.24) is 9.80 Å². The number of rotatable bonds is 5. The van der Waals surface area contributed by atoms with Gasteiger partial charge in [-0.2, -0.15) is 0 Å². The molecule has 8 heteroatoms. The van der Waals surface area contributed by atoms with E-state index in [0.717, 1.165) is 44.0 Å². The second-order valence-corrected chi connectivity index (χ2v) is 10.2. The van der Waals surface area contributed by atoms with Crippen LogP contribution in [0.1, 0.15) is 27.2 Å². The fourth-order valence-electron chi connectivity index (χ4n) is 4.54. The van der Waals surface area contributed by atoms with E-state index in [1.807, 2.05) is 37.3 Å². The molecule has 0 aliphatic carbocycles. The molecule has 2 saturated heterocycles. The number of amides is 2. The molecule has 0 radical (unpaired) electrons. The Labute approximate surface area is 206 Å². The van der Waals surface area contributed by atoms with Crippen LogP contribution < -0.4 is 15.0 Å². The summed E-state index contributed by atoms with van der Waals surface area (Å²) in [6, 6.07) is 13.5. The van der Waals surface area contributed by atoms with Gasteiger partial charge in [-0.15, -0.1) is 0 Å².